The van der Waals surface area contributed by atoms with E-state index in [9.17, 15) is 4.39 Å². The highest BCUT2D eigenvalue weighted by molar-refractivity contribution is 6.30. The fraction of sp³-hybridized carbons (Fsp3) is 0.385. The molecule has 4 nitrogen and oxygen atoms in total. The molecule has 0 aliphatic rings. The Hall–Kier alpha value is -1.46. The van der Waals surface area contributed by atoms with Gasteiger partial charge in [0.2, 0.25) is 5.89 Å². The number of aryl methyl sites for hydroxylation is 1. The lowest BCUT2D eigenvalue weighted by atomic mass is 10.1. The molecule has 2 aromatic rings. The third-order valence-corrected chi connectivity index (χ3v) is 3.12. The number of aromatic nitrogens is 2. The molecule has 1 N–H and O–H groups in total. The quantitative estimate of drug-likeness (QED) is 0.916. The first-order valence-corrected chi connectivity index (χ1v) is 6.41. The molecule has 1 aromatic carbocycles. The third kappa shape index (κ3) is 3.75. The Morgan fingerprint density at radius 1 is 1.47 bits per heavy atom. The van der Waals surface area contributed by atoms with Gasteiger partial charge in [-0.05, 0) is 24.6 Å². The lowest BCUT2D eigenvalue weighted by Gasteiger charge is -2.13. The summed E-state index contributed by atoms with van der Waals surface area (Å²) < 4.78 is 18.2. The Bertz CT molecular complexity index is 559. The Balaban J connectivity index is 1.86. The first-order chi connectivity index (χ1) is 9.06. The van der Waals surface area contributed by atoms with E-state index in [2.05, 4.69) is 15.5 Å². The van der Waals surface area contributed by atoms with Crippen molar-refractivity contribution in [1.82, 2.24) is 15.5 Å². The van der Waals surface area contributed by atoms with Gasteiger partial charge in [-0.2, -0.15) is 4.98 Å². The molecule has 0 aliphatic carbocycles. The number of rotatable bonds is 5. The van der Waals surface area contributed by atoms with Crippen LogP contribution in [0.15, 0.2) is 22.7 Å². The molecule has 0 saturated heterocycles. The molecular weight excluding hydrogens is 269 g/mol. The summed E-state index contributed by atoms with van der Waals surface area (Å²) in [6, 6.07) is 4.84. The number of benzene rings is 1. The molecule has 2 rings (SSSR count). The Morgan fingerprint density at radius 2 is 2.26 bits per heavy atom. The van der Waals surface area contributed by atoms with Gasteiger partial charge in [0.1, 0.15) is 5.82 Å². The highest BCUT2D eigenvalue weighted by Crippen LogP contribution is 2.19. The molecular formula is C13H15ClFN3O. The van der Waals surface area contributed by atoms with Crippen molar-refractivity contribution in [3.05, 3.63) is 46.3 Å². The van der Waals surface area contributed by atoms with Crippen molar-refractivity contribution >= 4 is 11.6 Å². The van der Waals surface area contributed by atoms with E-state index >= 15 is 0 Å². The van der Waals surface area contributed by atoms with Gasteiger partial charge in [-0.1, -0.05) is 22.8 Å². The molecule has 0 saturated carbocycles. The zero-order chi connectivity index (χ0) is 13.8. The summed E-state index contributed by atoms with van der Waals surface area (Å²) in [6.07, 6.45) is 0.664. The van der Waals surface area contributed by atoms with E-state index in [1.807, 2.05) is 13.0 Å². The molecule has 1 aromatic heterocycles. The van der Waals surface area contributed by atoms with E-state index in [1.165, 1.54) is 6.07 Å². The van der Waals surface area contributed by atoms with Gasteiger partial charge in [-0.25, -0.2) is 4.39 Å². The molecule has 0 aliphatic heterocycles. The Labute approximate surface area is 116 Å². The van der Waals surface area contributed by atoms with E-state index in [4.69, 9.17) is 16.1 Å². The largest absolute Gasteiger partial charge is 0.340 e. The monoisotopic (exact) mass is 283 g/mol. The minimum atomic E-state index is -0.401. The van der Waals surface area contributed by atoms with Crippen LogP contribution in [0.3, 0.4) is 0 Å². The summed E-state index contributed by atoms with van der Waals surface area (Å²) in [5.74, 6) is 0.823. The van der Waals surface area contributed by atoms with Gasteiger partial charge in [-0.15, -0.1) is 0 Å². The third-order valence-electron chi connectivity index (χ3n) is 2.81. The molecule has 0 bridgehead atoms. The second-order valence-corrected chi connectivity index (χ2v) is 4.74. The number of hydrogen-bond donors (Lipinski definition) is 1. The van der Waals surface area contributed by atoms with Crippen LogP contribution in [-0.2, 0) is 6.42 Å². The summed E-state index contributed by atoms with van der Waals surface area (Å²) in [7, 11) is 0. The van der Waals surface area contributed by atoms with Crippen LogP contribution in [0.25, 0.3) is 0 Å². The van der Waals surface area contributed by atoms with Crippen molar-refractivity contribution in [3.63, 3.8) is 0 Å². The average Bonchev–Trinajstić information content (AvgIpc) is 2.78. The van der Waals surface area contributed by atoms with Gasteiger partial charge in [-0.3, -0.25) is 0 Å². The van der Waals surface area contributed by atoms with Crippen LogP contribution in [0, 0.1) is 12.7 Å². The second-order valence-electron chi connectivity index (χ2n) is 4.33. The van der Waals surface area contributed by atoms with Crippen LogP contribution >= 0.6 is 11.6 Å². The number of nitrogens with zero attached hydrogens (tertiary/aromatic N) is 2. The lowest BCUT2D eigenvalue weighted by Crippen LogP contribution is -2.21. The zero-order valence-corrected chi connectivity index (χ0v) is 11.5. The fourth-order valence-corrected chi connectivity index (χ4v) is 1.86. The topological polar surface area (TPSA) is 51.0 Å². The van der Waals surface area contributed by atoms with Gasteiger partial charge in [0, 0.05) is 25.9 Å². The van der Waals surface area contributed by atoms with Crippen molar-refractivity contribution in [2.75, 3.05) is 6.54 Å². The molecule has 0 radical (unpaired) electrons. The number of halogens is 2. The van der Waals surface area contributed by atoms with Crippen LogP contribution in [0.5, 0.6) is 0 Å². The smallest absolute Gasteiger partial charge is 0.223 e. The molecule has 0 fully saturated rings. The van der Waals surface area contributed by atoms with E-state index < -0.39 is 5.82 Å². The van der Waals surface area contributed by atoms with Crippen LogP contribution in [0.2, 0.25) is 5.02 Å². The van der Waals surface area contributed by atoms with Crippen LogP contribution in [0.1, 0.15) is 30.2 Å². The first-order valence-electron chi connectivity index (χ1n) is 6.04. The molecule has 0 amide bonds. The number of nitrogens with one attached hydrogen (secondary N) is 1. The fourth-order valence-electron chi connectivity index (χ4n) is 1.74. The van der Waals surface area contributed by atoms with Crippen molar-refractivity contribution in [2.45, 2.75) is 26.3 Å². The van der Waals surface area contributed by atoms with E-state index in [0.29, 0.717) is 24.7 Å². The minimum absolute atomic E-state index is 0.0276. The molecule has 102 valence electrons. The normalized spacial score (nSPS) is 12.6. The maximum Gasteiger partial charge on any atom is 0.223 e. The summed E-state index contributed by atoms with van der Waals surface area (Å²) >= 11 is 5.65. The summed E-state index contributed by atoms with van der Waals surface area (Å²) in [4.78, 5) is 4.11. The van der Waals surface area contributed by atoms with Gasteiger partial charge in [0.05, 0.1) is 5.02 Å². The van der Waals surface area contributed by atoms with Gasteiger partial charge < -0.3 is 9.84 Å². The van der Waals surface area contributed by atoms with E-state index in [-0.39, 0.29) is 11.1 Å². The molecule has 1 heterocycles. The van der Waals surface area contributed by atoms with Crippen molar-refractivity contribution < 1.29 is 8.91 Å². The van der Waals surface area contributed by atoms with Crippen molar-refractivity contribution in [2.24, 2.45) is 0 Å². The molecule has 1 atom stereocenters. The highest BCUT2D eigenvalue weighted by atomic mass is 35.5. The van der Waals surface area contributed by atoms with Crippen LogP contribution < -0.4 is 5.32 Å². The SMILES string of the molecule is Cc1nc(CCNC(C)c2ccc(Cl)c(F)c2)no1. The lowest BCUT2D eigenvalue weighted by molar-refractivity contribution is 0.386. The van der Waals surface area contributed by atoms with Crippen molar-refractivity contribution in [1.29, 1.82) is 0 Å². The maximum atomic E-state index is 13.3. The van der Waals surface area contributed by atoms with E-state index in [1.54, 1.807) is 13.0 Å². The van der Waals surface area contributed by atoms with Crippen LogP contribution in [-0.4, -0.2) is 16.7 Å². The van der Waals surface area contributed by atoms with Gasteiger partial charge in [0.25, 0.3) is 0 Å². The predicted octanol–water partition coefficient (Wildman–Crippen LogP) is 3.06. The maximum absolute atomic E-state index is 13.3. The molecule has 0 spiro atoms. The van der Waals surface area contributed by atoms with E-state index in [0.717, 1.165) is 5.56 Å². The van der Waals surface area contributed by atoms with Crippen LogP contribution in [0.4, 0.5) is 4.39 Å². The molecule has 19 heavy (non-hydrogen) atoms. The summed E-state index contributed by atoms with van der Waals surface area (Å²) in [5, 5.41) is 7.22. The number of hydrogen-bond acceptors (Lipinski definition) is 4. The van der Waals surface area contributed by atoms with Gasteiger partial charge in [0.15, 0.2) is 5.82 Å². The Morgan fingerprint density at radius 3 is 2.89 bits per heavy atom. The zero-order valence-electron chi connectivity index (χ0n) is 10.8. The highest BCUT2D eigenvalue weighted by Gasteiger charge is 2.09. The average molecular weight is 284 g/mol. The van der Waals surface area contributed by atoms with Crippen molar-refractivity contribution in [3.8, 4) is 0 Å². The standard InChI is InChI=1S/C13H15ClFN3O/c1-8(10-3-4-11(14)12(15)7-10)16-6-5-13-17-9(2)19-18-13/h3-4,7-8,16H,5-6H2,1-2H3. The molecule has 1 unspecified atom stereocenters. The molecule has 6 heteroatoms. The summed E-state index contributed by atoms with van der Waals surface area (Å²) in [5.41, 5.74) is 0.853. The minimum Gasteiger partial charge on any atom is -0.340 e. The Kier molecular flexibility index (Phi) is 4.50. The predicted molar refractivity (Wildman–Crippen MR) is 70.6 cm³/mol. The second kappa shape index (κ2) is 6.12. The first kappa shape index (κ1) is 14.0. The summed E-state index contributed by atoms with van der Waals surface area (Å²) in [6.45, 7) is 4.40. The van der Waals surface area contributed by atoms with Gasteiger partial charge >= 0.3 is 0 Å².